The Kier molecular flexibility index (Phi) is 2.99. The second kappa shape index (κ2) is 3.80. The average Bonchev–Trinajstić information content (AvgIpc) is 2.05. The van der Waals surface area contributed by atoms with Crippen molar-refractivity contribution in [2.45, 2.75) is 0 Å². The number of pyridine rings is 1. The van der Waals surface area contributed by atoms with E-state index in [0.717, 1.165) is 0 Å². The summed E-state index contributed by atoms with van der Waals surface area (Å²) < 4.78 is 9.10. The van der Waals surface area contributed by atoms with E-state index < -0.39 is 0 Å². The molecule has 0 fully saturated rings. The van der Waals surface area contributed by atoms with Gasteiger partial charge in [-0.25, -0.2) is 0 Å². The van der Waals surface area contributed by atoms with Crippen LogP contribution in [0.25, 0.3) is 0 Å². The van der Waals surface area contributed by atoms with Crippen molar-refractivity contribution in [1.29, 1.82) is 0 Å². The highest BCUT2D eigenvalue weighted by molar-refractivity contribution is 7.71. The van der Waals surface area contributed by atoms with Crippen LogP contribution in [0.1, 0.15) is 0 Å². The summed E-state index contributed by atoms with van der Waals surface area (Å²) in [6.07, 6.45) is 2.99. The molecule has 0 aromatic carbocycles. The molecule has 0 amide bonds. The Bertz CT molecular complexity index is 276. The highest BCUT2D eigenvalue weighted by Crippen LogP contribution is 2.22. The highest BCUT2D eigenvalue weighted by Gasteiger charge is 2.02. The standard InChI is InChI=1S/C5H3Cl2NO2S/c6-9-3-1-8-2-4(10-7)5(3)11/h1-2H,(H,8,11). The Morgan fingerprint density at radius 1 is 1.18 bits per heavy atom. The van der Waals surface area contributed by atoms with E-state index in [1.54, 1.807) is 0 Å². The first-order valence-electron chi connectivity index (χ1n) is 2.58. The fourth-order valence-corrected chi connectivity index (χ4v) is 1.10. The lowest BCUT2D eigenvalue weighted by Gasteiger charge is -1.98. The van der Waals surface area contributed by atoms with Gasteiger partial charge in [0.25, 0.3) is 0 Å². The Balaban J connectivity index is 3.21. The lowest BCUT2D eigenvalue weighted by atomic mass is 10.4. The monoisotopic (exact) mass is 211 g/mol. The molecule has 0 aliphatic rings. The summed E-state index contributed by atoms with van der Waals surface area (Å²) >= 11 is 15.0. The van der Waals surface area contributed by atoms with E-state index in [1.807, 2.05) is 0 Å². The third-order valence-corrected chi connectivity index (χ3v) is 1.78. The molecular weight excluding hydrogens is 209 g/mol. The van der Waals surface area contributed by atoms with Crippen LogP contribution in [-0.4, -0.2) is 4.98 Å². The van der Waals surface area contributed by atoms with E-state index in [-0.39, 0.29) is 0 Å². The van der Waals surface area contributed by atoms with Crippen molar-refractivity contribution >= 4 is 35.9 Å². The molecule has 0 aliphatic heterocycles. The van der Waals surface area contributed by atoms with Crippen LogP contribution in [0.15, 0.2) is 12.4 Å². The number of rotatable bonds is 2. The Hall–Kier alpha value is -0.450. The third-order valence-electron chi connectivity index (χ3n) is 1.04. The van der Waals surface area contributed by atoms with Crippen molar-refractivity contribution in [3.05, 3.63) is 16.9 Å². The molecule has 0 bridgehead atoms. The molecule has 60 valence electrons. The lowest BCUT2D eigenvalue weighted by molar-refractivity contribution is 0.580. The molecule has 3 nitrogen and oxygen atoms in total. The second-order valence-electron chi connectivity index (χ2n) is 1.67. The number of H-pyrrole nitrogens is 1. The van der Waals surface area contributed by atoms with Gasteiger partial charge in [-0.05, 0) is 0 Å². The molecule has 1 heterocycles. The largest absolute Gasteiger partial charge is 0.382 e. The van der Waals surface area contributed by atoms with E-state index in [9.17, 15) is 0 Å². The fourth-order valence-electron chi connectivity index (χ4n) is 0.560. The molecule has 1 N–H and O–H groups in total. The molecule has 0 spiro atoms. The molecule has 0 atom stereocenters. The maximum Gasteiger partial charge on any atom is 0.184 e. The Morgan fingerprint density at radius 2 is 1.64 bits per heavy atom. The van der Waals surface area contributed by atoms with Crippen molar-refractivity contribution in [3.8, 4) is 11.5 Å². The van der Waals surface area contributed by atoms with Gasteiger partial charge in [0.15, 0.2) is 11.5 Å². The van der Waals surface area contributed by atoms with Crippen molar-refractivity contribution in [2.24, 2.45) is 0 Å². The first kappa shape index (κ1) is 8.64. The Labute approximate surface area is 78.2 Å². The van der Waals surface area contributed by atoms with Gasteiger partial charge in [0, 0.05) is 12.4 Å². The van der Waals surface area contributed by atoms with Crippen molar-refractivity contribution < 1.29 is 8.58 Å². The number of aromatic amines is 1. The molecule has 0 saturated heterocycles. The first-order valence-corrected chi connectivity index (χ1v) is 3.60. The van der Waals surface area contributed by atoms with E-state index in [4.69, 9.17) is 35.9 Å². The maximum absolute atomic E-state index is 5.08. The lowest BCUT2D eigenvalue weighted by Crippen LogP contribution is -1.83. The number of hydrogen-bond donors (Lipinski definition) is 1. The first-order chi connectivity index (χ1) is 5.29. The van der Waals surface area contributed by atoms with E-state index >= 15 is 0 Å². The maximum atomic E-state index is 5.08. The number of halogens is 2. The van der Waals surface area contributed by atoms with Crippen molar-refractivity contribution in [3.63, 3.8) is 0 Å². The van der Waals surface area contributed by atoms with Crippen LogP contribution in [0.5, 0.6) is 11.5 Å². The van der Waals surface area contributed by atoms with E-state index in [2.05, 4.69) is 13.6 Å². The minimum Gasteiger partial charge on any atom is -0.382 e. The SMILES string of the molecule is S=c1c(OCl)c[nH]cc1OCl. The summed E-state index contributed by atoms with van der Waals surface area (Å²) in [5.41, 5.74) is 0. The van der Waals surface area contributed by atoms with Gasteiger partial charge in [0.2, 0.25) is 0 Å². The summed E-state index contributed by atoms with van der Waals surface area (Å²) in [6, 6.07) is 0. The van der Waals surface area contributed by atoms with Crippen LogP contribution < -0.4 is 8.58 Å². The average molecular weight is 212 g/mol. The zero-order valence-corrected chi connectivity index (χ0v) is 7.46. The molecule has 11 heavy (non-hydrogen) atoms. The Morgan fingerprint density at radius 3 is 2.00 bits per heavy atom. The van der Waals surface area contributed by atoms with Gasteiger partial charge in [-0.2, -0.15) is 0 Å². The molecule has 0 radical (unpaired) electrons. The molecule has 1 aromatic rings. The minimum atomic E-state index is 0.305. The molecule has 6 heteroatoms. The zero-order valence-electron chi connectivity index (χ0n) is 5.14. The smallest absolute Gasteiger partial charge is 0.184 e. The van der Waals surface area contributed by atoms with Crippen LogP contribution in [0, 0.1) is 4.51 Å². The minimum absolute atomic E-state index is 0.305. The summed E-state index contributed by atoms with van der Waals surface area (Å²) in [4.78, 5) is 2.69. The third kappa shape index (κ3) is 1.77. The summed E-state index contributed by atoms with van der Waals surface area (Å²) in [5, 5.41) is 0. The van der Waals surface area contributed by atoms with Gasteiger partial charge < -0.3 is 13.6 Å². The van der Waals surface area contributed by atoms with E-state index in [1.165, 1.54) is 12.4 Å². The number of nitrogens with one attached hydrogen (secondary N) is 1. The normalized spacial score (nSPS) is 9.27. The van der Waals surface area contributed by atoms with Gasteiger partial charge in [-0.15, -0.1) is 0 Å². The van der Waals surface area contributed by atoms with Crippen LogP contribution in [0.2, 0.25) is 0 Å². The quantitative estimate of drug-likeness (QED) is 0.765. The van der Waals surface area contributed by atoms with Crippen LogP contribution in [0.4, 0.5) is 0 Å². The molecule has 0 saturated carbocycles. The fraction of sp³-hybridized carbons (Fsp3) is 0. The van der Waals surface area contributed by atoms with Gasteiger partial charge in [0.05, 0.1) is 0 Å². The van der Waals surface area contributed by atoms with Gasteiger partial charge in [-0.3, -0.25) is 0 Å². The van der Waals surface area contributed by atoms with Crippen molar-refractivity contribution in [2.75, 3.05) is 0 Å². The van der Waals surface area contributed by atoms with Gasteiger partial charge in [0.1, 0.15) is 28.2 Å². The summed E-state index contributed by atoms with van der Waals surface area (Å²) in [7, 11) is 0. The van der Waals surface area contributed by atoms with E-state index in [0.29, 0.717) is 16.0 Å². The number of hydrogen-bond acceptors (Lipinski definition) is 3. The summed E-state index contributed by atoms with van der Waals surface area (Å²) in [6.45, 7) is 0. The van der Waals surface area contributed by atoms with Crippen LogP contribution >= 0.6 is 35.9 Å². The van der Waals surface area contributed by atoms with Gasteiger partial charge >= 0.3 is 0 Å². The molecule has 0 unspecified atom stereocenters. The highest BCUT2D eigenvalue weighted by atomic mass is 35.5. The molecule has 0 aliphatic carbocycles. The van der Waals surface area contributed by atoms with Crippen LogP contribution in [-0.2, 0) is 0 Å². The second-order valence-corrected chi connectivity index (χ2v) is 2.38. The van der Waals surface area contributed by atoms with Crippen LogP contribution in [0.3, 0.4) is 0 Å². The molecule has 1 aromatic heterocycles. The predicted octanol–water partition coefficient (Wildman–Crippen LogP) is 2.81. The number of aromatic nitrogens is 1. The van der Waals surface area contributed by atoms with Gasteiger partial charge in [-0.1, -0.05) is 12.2 Å². The van der Waals surface area contributed by atoms with Crippen molar-refractivity contribution in [1.82, 2.24) is 4.98 Å². The predicted molar refractivity (Wildman–Crippen MR) is 44.6 cm³/mol. The molecule has 1 rings (SSSR count). The zero-order chi connectivity index (χ0) is 8.27. The summed E-state index contributed by atoms with van der Waals surface area (Å²) in [5.74, 6) is 0.611. The molecular formula is C5H3Cl2NO2S. The topological polar surface area (TPSA) is 34.2 Å².